The van der Waals surface area contributed by atoms with Crippen molar-refractivity contribution in [2.24, 2.45) is 0 Å². The highest BCUT2D eigenvalue weighted by molar-refractivity contribution is 4.88. The molecule has 1 unspecified atom stereocenters. The van der Waals surface area contributed by atoms with Gasteiger partial charge < -0.3 is 14.8 Å². The van der Waals surface area contributed by atoms with Crippen molar-refractivity contribution in [3.63, 3.8) is 0 Å². The van der Waals surface area contributed by atoms with E-state index in [1.807, 2.05) is 6.92 Å². The number of nitrogens with one attached hydrogen (secondary N) is 1. The first kappa shape index (κ1) is 12.4. The van der Waals surface area contributed by atoms with Crippen molar-refractivity contribution in [2.75, 3.05) is 33.5 Å². The van der Waals surface area contributed by atoms with Gasteiger partial charge in [-0.05, 0) is 13.0 Å². The van der Waals surface area contributed by atoms with E-state index in [1.165, 1.54) is 0 Å². The maximum atomic E-state index is 8.67. The molecule has 0 saturated carbocycles. The minimum atomic E-state index is -0.0902. The summed E-state index contributed by atoms with van der Waals surface area (Å²) in [5.41, 5.74) is 0. The third kappa shape index (κ3) is 7.72. The molecule has 0 aromatic carbocycles. The van der Waals surface area contributed by atoms with E-state index in [4.69, 9.17) is 14.7 Å². The van der Waals surface area contributed by atoms with Gasteiger partial charge in [-0.1, -0.05) is 6.92 Å². The normalized spacial score (nSPS) is 12.4. The summed E-state index contributed by atoms with van der Waals surface area (Å²) in [4.78, 5) is 0. The fourth-order valence-corrected chi connectivity index (χ4v) is 0.904. The van der Waals surface area contributed by atoms with Crippen LogP contribution in [0.4, 0.5) is 0 Å². The van der Waals surface area contributed by atoms with Gasteiger partial charge in [-0.15, -0.1) is 0 Å². The summed E-state index contributed by atoms with van der Waals surface area (Å²) >= 11 is 0. The maximum absolute atomic E-state index is 8.67. The summed E-state index contributed by atoms with van der Waals surface area (Å²) in [6.07, 6.45) is 0.730. The van der Waals surface area contributed by atoms with Gasteiger partial charge in [0.25, 0.3) is 0 Å². The Morgan fingerprint density at radius 2 is 2.15 bits per heavy atom. The molecule has 1 atom stereocenters. The summed E-state index contributed by atoms with van der Waals surface area (Å²) < 4.78 is 10.1. The van der Waals surface area contributed by atoms with Crippen LogP contribution in [0.3, 0.4) is 0 Å². The number of methoxy groups -OCH3 is 1. The van der Waals surface area contributed by atoms with Gasteiger partial charge in [-0.2, -0.15) is 5.26 Å². The van der Waals surface area contributed by atoms with E-state index in [9.17, 15) is 0 Å². The van der Waals surface area contributed by atoms with Gasteiger partial charge in [0, 0.05) is 13.7 Å². The molecule has 0 amide bonds. The van der Waals surface area contributed by atoms with Crippen LogP contribution in [0.25, 0.3) is 0 Å². The summed E-state index contributed by atoms with van der Waals surface area (Å²) in [6.45, 7) is 4.61. The van der Waals surface area contributed by atoms with Crippen LogP contribution in [0.2, 0.25) is 0 Å². The van der Waals surface area contributed by atoms with Crippen LogP contribution in [0.15, 0.2) is 0 Å². The van der Waals surface area contributed by atoms with Crippen LogP contribution in [-0.2, 0) is 9.47 Å². The third-order valence-corrected chi connectivity index (χ3v) is 1.59. The fraction of sp³-hybridized carbons (Fsp3) is 0.889. The second-order valence-corrected chi connectivity index (χ2v) is 2.63. The van der Waals surface area contributed by atoms with Crippen molar-refractivity contribution in [3.8, 4) is 6.07 Å². The van der Waals surface area contributed by atoms with Crippen LogP contribution in [0.1, 0.15) is 13.3 Å². The van der Waals surface area contributed by atoms with Gasteiger partial charge in [0.2, 0.25) is 0 Å². The predicted molar refractivity (Wildman–Crippen MR) is 50.4 cm³/mol. The number of nitrogens with zero attached hydrogens (tertiary/aromatic N) is 1. The Balaban J connectivity index is 3.24. The van der Waals surface area contributed by atoms with Crippen molar-refractivity contribution in [1.82, 2.24) is 5.32 Å². The first-order valence-electron chi connectivity index (χ1n) is 4.54. The monoisotopic (exact) mass is 186 g/mol. The van der Waals surface area contributed by atoms with E-state index < -0.39 is 0 Å². The largest absolute Gasteiger partial charge is 0.382 e. The van der Waals surface area contributed by atoms with Crippen molar-refractivity contribution in [1.29, 1.82) is 5.26 Å². The van der Waals surface area contributed by atoms with Gasteiger partial charge >= 0.3 is 0 Å². The number of hydrogen-bond donors (Lipinski definition) is 1. The van der Waals surface area contributed by atoms with Gasteiger partial charge in [0.15, 0.2) is 0 Å². The summed E-state index contributed by atoms with van der Waals surface area (Å²) in [5.74, 6) is 0. The van der Waals surface area contributed by atoms with E-state index >= 15 is 0 Å². The molecule has 0 aliphatic carbocycles. The molecule has 0 aromatic heterocycles. The van der Waals surface area contributed by atoms with Gasteiger partial charge in [0.05, 0.1) is 25.3 Å². The highest BCUT2D eigenvalue weighted by atomic mass is 16.5. The second kappa shape index (κ2) is 9.46. The quantitative estimate of drug-likeness (QED) is 0.562. The molecule has 1 N–H and O–H groups in total. The van der Waals surface area contributed by atoms with Crippen LogP contribution < -0.4 is 5.32 Å². The Morgan fingerprint density at radius 3 is 2.69 bits per heavy atom. The van der Waals surface area contributed by atoms with Gasteiger partial charge in [-0.3, -0.25) is 0 Å². The van der Waals surface area contributed by atoms with Crippen molar-refractivity contribution in [2.45, 2.75) is 19.4 Å². The van der Waals surface area contributed by atoms with Crippen LogP contribution in [-0.4, -0.2) is 39.5 Å². The number of hydrogen-bond acceptors (Lipinski definition) is 4. The Hall–Kier alpha value is -0.630. The Kier molecular flexibility index (Phi) is 9.00. The maximum Gasteiger partial charge on any atom is 0.0974 e. The lowest BCUT2D eigenvalue weighted by molar-refractivity contribution is 0.0677. The third-order valence-electron chi connectivity index (χ3n) is 1.59. The smallest absolute Gasteiger partial charge is 0.0974 e. The average molecular weight is 186 g/mol. The molecule has 4 nitrogen and oxygen atoms in total. The van der Waals surface area contributed by atoms with Crippen LogP contribution in [0, 0.1) is 11.3 Å². The molecule has 13 heavy (non-hydrogen) atoms. The number of nitriles is 1. The lowest BCUT2D eigenvalue weighted by atomic mass is 10.2. The zero-order valence-corrected chi connectivity index (χ0v) is 8.38. The molecule has 0 saturated heterocycles. The van der Waals surface area contributed by atoms with Crippen molar-refractivity contribution >= 4 is 0 Å². The van der Waals surface area contributed by atoms with Crippen LogP contribution in [0.5, 0.6) is 0 Å². The molecule has 0 aliphatic rings. The van der Waals surface area contributed by atoms with E-state index in [2.05, 4.69) is 11.4 Å². The van der Waals surface area contributed by atoms with Crippen molar-refractivity contribution < 1.29 is 9.47 Å². The first-order valence-corrected chi connectivity index (χ1v) is 4.54. The van der Waals surface area contributed by atoms with E-state index in [0.29, 0.717) is 19.8 Å². The zero-order valence-electron chi connectivity index (χ0n) is 8.38. The molecule has 0 aliphatic heterocycles. The highest BCUT2D eigenvalue weighted by Gasteiger charge is 2.03. The molecule has 0 bridgehead atoms. The summed E-state index contributed by atoms with van der Waals surface area (Å²) in [6, 6.07) is 2.08. The number of ether oxygens (including phenoxy) is 2. The summed E-state index contributed by atoms with van der Waals surface area (Å²) in [5, 5.41) is 11.7. The molecule has 0 aromatic rings. The molecule has 76 valence electrons. The fourth-order valence-electron chi connectivity index (χ4n) is 0.904. The first-order chi connectivity index (χ1) is 6.35. The summed E-state index contributed by atoms with van der Waals surface area (Å²) in [7, 11) is 1.64. The second-order valence-electron chi connectivity index (χ2n) is 2.63. The lowest BCUT2D eigenvalue weighted by Crippen LogP contribution is -2.28. The van der Waals surface area contributed by atoms with Gasteiger partial charge in [0.1, 0.15) is 0 Å². The van der Waals surface area contributed by atoms with E-state index in [1.54, 1.807) is 7.11 Å². The molecule has 0 radical (unpaired) electrons. The zero-order chi connectivity index (χ0) is 9.94. The predicted octanol–water partition coefficient (Wildman–Crippen LogP) is 0.541. The number of rotatable bonds is 8. The standard InChI is InChI=1S/C9H18N2O2/c1-3-11-9(8-10)4-5-13-7-6-12-2/h9,11H,3-7H2,1-2H3. The SMILES string of the molecule is CCNC(C#N)CCOCCOC. The Labute approximate surface area is 79.8 Å². The molecular formula is C9H18N2O2. The molecule has 0 rings (SSSR count). The molecule has 0 spiro atoms. The van der Waals surface area contributed by atoms with E-state index in [0.717, 1.165) is 13.0 Å². The minimum absolute atomic E-state index is 0.0902. The van der Waals surface area contributed by atoms with Gasteiger partial charge in [-0.25, -0.2) is 0 Å². The lowest BCUT2D eigenvalue weighted by Gasteiger charge is -2.09. The molecular weight excluding hydrogens is 168 g/mol. The molecule has 4 heteroatoms. The Bertz CT molecular complexity index is 145. The molecule has 0 fully saturated rings. The average Bonchev–Trinajstić information content (AvgIpc) is 2.16. The van der Waals surface area contributed by atoms with Crippen LogP contribution >= 0.6 is 0 Å². The highest BCUT2D eigenvalue weighted by Crippen LogP contribution is 1.91. The minimum Gasteiger partial charge on any atom is -0.382 e. The Morgan fingerprint density at radius 1 is 1.38 bits per heavy atom. The van der Waals surface area contributed by atoms with Crippen molar-refractivity contribution in [3.05, 3.63) is 0 Å². The molecule has 0 heterocycles. The van der Waals surface area contributed by atoms with E-state index in [-0.39, 0.29) is 6.04 Å². The topological polar surface area (TPSA) is 54.3 Å².